The smallest absolute Gasteiger partial charge is 0.161 e. The molecule has 22 heavy (non-hydrogen) atoms. The Bertz CT molecular complexity index is 443. The third-order valence-electron chi connectivity index (χ3n) is 3.99. The van der Waals surface area contributed by atoms with Crippen LogP contribution in [0.4, 0.5) is 0 Å². The first-order valence-corrected chi connectivity index (χ1v) is 8.45. The number of nitrogens with zero attached hydrogens (tertiary/aromatic N) is 1. The molecule has 0 atom stereocenters. The summed E-state index contributed by atoms with van der Waals surface area (Å²) in [6.07, 6.45) is 3.74. The highest BCUT2D eigenvalue weighted by atomic mass is 16.5. The van der Waals surface area contributed by atoms with Crippen molar-refractivity contribution < 1.29 is 9.47 Å². The van der Waals surface area contributed by atoms with E-state index in [0.717, 1.165) is 31.0 Å². The van der Waals surface area contributed by atoms with Gasteiger partial charge in [0.1, 0.15) is 0 Å². The number of hydrogen-bond acceptors (Lipinski definition) is 4. The number of nitrogens with one attached hydrogen (secondary N) is 1. The summed E-state index contributed by atoms with van der Waals surface area (Å²) in [5.41, 5.74) is 1.33. The summed E-state index contributed by atoms with van der Waals surface area (Å²) < 4.78 is 11.2. The average Bonchev–Trinajstić information content (AvgIpc) is 2.52. The van der Waals surface area contributed by atoms with Gasteiger partial charge in [-0.1, -0.05) is 6.07 Å². The number of ether oxygens (including phenoxy) is 2. The highest BCUT2D eigenvalue weighted by molar-refractivity contribution is 5.43. The molecule has 124 valence electrons. The minimum Gasteiger partial charge on any atom is -0.493 e. The van der Waals surface area contributed by atoms with E-state index in [1.165, 1.54) is 38.0 Å². The van der Waals surface area contributed by atoms with E-state index in [-0.39, 0.29) is 6.10 Å². The van der Waals surface area contributed by atoms with Gasteiger partial charge in [0.15, 0.2) is 11.5 Å². The Morgan fingerprint density at radius 1 is 1.14 bits per heavy atom. The van der Waals surface area contributed by atoms with Crippen LogP contribution in [0.3, 0.4) is 0 Å². The highest BCUT2D eigenvalue weighted by Crippen LogP contribution is 2.29. The van der Waals surface area contributed by atoms with Crippen molar-refractivity contribution in [2.75, 3.05) is 39.8 Å². The SMILES string of the molecule is COc1ccc(CCCCN2CCNCC2)cc1OC(C)C. The van der Waals surface area contributed by atoms with Crippen molar-refractivity contribution in [3.8, 4) is 11.5 Å². The molecule has 2 rings (SSSR count). The second kappa shape index (κ2) is 9.01. The summed E-state index contributed by atoms with van der Waals surface area (Å²) in [6.45, 7) is 9.94. The van der Waals surface area contributed by atoms with E-state index < -0.39 is 0 Å². The number of piperazine rings is 1. The Morgan fingerprint density at radius 3 is 2.59 bits per heavy atom. The number of aryl methyl sites for hydroxylation is 1. The van der Waals surface area contributed by atoms with Crippen molar-refractivity contribution in [3.63, 3.8) is 0 Å². The molecule has 1 aliphatic rings. The zero-order chi connectivity index (χ0) is 15.8. The van der Waals surface area contributed by atoms with E-state index in [0.29, 0.717) is 0 Å². The molecule has 4 nitrogen and oxygen atoms in total. The standard InChI is InChI=1S/C18H30N2O2/c1-15(2)22-18-14-16(7-8-17(18)21-3)6-4-5-11-20-12-9-19-10-13-20/h7-8,14-15,19H,4-6,9-13H2,1-3H3. The summed E-state index contributed by atoms with van der Waals surface area (Å²) in [7, 11) is 1.69. The van der Waals surface area contributed by atoms with E-state index >= 15 is 0 Å². The Kier molecular flexibility index (Phi) is 7.00. The van der Waals surface area contributed by atoms with E-state index in [4.69, 9.17) is 9.47 Å². The van der Waals surface area contributed by atoms with E-state index in [9.17, 15) is 0 Å². The van der Waals surface area contributed by atoms with Crippen molar-refractivity contribution in [3.05, 3.63) is 23.8 Å². The Hall–Kier alpha value is -1.26. The zero-order valence-electron chi connectivity index (χ0n) is 14.2. The van der Waals surface area contributed by atoms with Crippen LogP contribution in [-0.2, 0) is 6.42 Å². The minimum atomic E-state index is 0.164. The molecule has 0 unspecified atom stereocenters. The fourth-order valence-electron chi connectivity index (χ4n) is 2.82. The molecule has 4 heteroatoms. The Labute approximate surface area is 134 Å². The second-order valence-electron chi connectivity index (χ2n) is 6.20. The lowest BCUT2D eigenvalue weighted by atomic mass is 10.1. The summed E-state index contributed by atoms with van der Waals surface area (Å²) in [6, 6.07) is 6.30. The number of methoxy groups -OCH3 is 1. The molecule has 1 heterocycles. The first-order valence-electron chi connectivity index (χ1n) is 8.45. The molecule has 1 fully saturated rings. The fraction of sp³-hybridized carbons (Fsp3) is 0.667. The minimum absolute atomic E-state index is 0.164. The molecule has 1 aromatic rings. The van der Waals surface area contributed by atoms with Crippen molar-refractivity contribution in [1.82, 2.24) is 10.2 Å². The van der Waals surface area contributed by atoms with Crippen LogP contribution in [0.1, 0.15) is 32.3 Å². The number of unbranched alkanes of at least 4 members (excludes halogenated alkanes) is 1. The van der Waals surface area contributed by atoms with Gasteiger partial charge in [-0.05, 0) is 57.4 Å². The molecule has 0 saturated carbocycles. The van der Waals surface area contributed by atoms with Crippen molar-refractivity contribution in [1.29, 1.82) is 0 Å². The molecule has 1 N–H and O–H groups in total. The maximum atomic E-state index is 5.84. The van der Waals surface area contributed by atoms with Crippen LogP contribution in [0.25, 0.3) is 0 Å². The number of hydrogen-bond donors (Lipinski definition) is 1. The predicted octanol–water partition coefficient (Wildman–Crippen LogP) is 2.71. The largest absolute Gasteiger partial charge is 0.493 e. The van der Waals surface area contributed by atoms with Gasteiger partial charge in [-0.15, -0.1) is 0 Å². The lowest BCUT2D eigenvalue weighted by Crippen LogP contribution is -2.43. The van der Waals surface area contributed by atoms with Gasteiger partial charge in [-0.3, -0.25) is 0 Å². The normalized spacial score (nSPS) is 16.0. The topological polar surface area (TPSA) is 33.7 Å². The molecule has 0 amide bonds. The molecule has 0 radical (unpaired) electrons. The predicted molar refractivity (Wildman–Crippen MR) is 91.0 cm³/mol. The Balaban J connectivity index is 1.79. The maximum Gasteiger partial charge on any atom is 0.161 e. The van der Waals surface area contributed by atoms with Gasteiger partial charge in [0, 0.05) is 26.2 Å². The van der Waals surface area contributed by atoms with Gasteiger partial charge < -0.3 is 19.7 Å². The van der Waals surface area contributed by atoms with Gasteiger partial charge in [0.2, 0.25) is 0 Å². The third kappa shape index (κ3) is 5.50. The maximum absolute atomic E-state index is 5.84. The number of benzene rings is 1. The Morgan fingerprint density at radius 2 is 1.91 bits per heavy atom. The van der Waals surface area contributed by atoms with Crippen LogP contribution in [0.2, 0.25) is 0 Å². The second-order valence-corrected chi connectivity index (χ2v) is 6.20. The highest BCUT2D eigenvalue weighted by Gasteiger charge is 2.10. The van der Waals surface area contributed by atoms with Crippen molar-refractivity contribution >= 4 is 0 Å². The van der Waals surface area contributed by atoms with Gasteiger partial charge >= 0.3 is 0 Å². The van der Waals surface area contributed by atoms with Crippen LogP contribution >= 0.6 is 0 Å². The van der Waals surface area contributed by atoms with E-state index in [1.807, 2.05) is 19.9 Å². The molecule has 1 aromatic carbocycles. The van der Waals surface area contributed by atoms with Gasteiger partial charge in [0.25, 0.3) is 0 Å². The van der Waals surface area contributed by atoms with Crippen molar-refractivity contribution in [2.45, 2.75) is 39.2 Å². The molecular formula is C18H30N2O2. The van der Waals surface area contributed by atoms with Crippen LogP contribution in [0.5, 0.6) is 11.5 Å². The zero-order valence-corrected chi connectivity index (χ0v) is 14.2. The van der Waals surface area contributed by atoms with Crippen LogP contribution in [-0.4, -0.2) is 50.8 Å². The van der Waals surface area contributed by atoms with Gasteiger partial charge in [-0.25, -0.2) is 0 Å². The van der Waals surface area contributed by atoms with Crippen LogP contribution < -0.4 is 14.8 Å². The average molecular weight is 306 g/mol. The lowest BCUT2D eigenvalue weighted by Gasteiger charge is -2.27. The molecule has 1 saturated heterocycles. The summed E-state index contributed by atoms with van der Waals surface area (Å²) in [5, 5.41) is 3.40. The molecular weight excluding hydrogens is 276 g/mol. The molecule has 0 bridgehead atoms. The van der Waals surface area contributed by atoms with Crippen LogP contribution in [0, 0.1) is 0 Å². The van der Waals surface area contributed by atoms with Gasteiger partial charge in [0.05, 0.1) is 13.2 Å². The fourth-order valence-corrected chi connectivity index (χ4v) is 2.82. The summed E-state index contributed by atoms with van der Waals surface area (Å²) in [4.78, 5) is 2.55. The molecule has 0 aliphatic carbocycles. The van der Waals surface area contributed by atoms with Crippen LogP contribution in [0.15, 0.2) is 18.2 Å². The number of rotatable bonds is 8. The van der Waals surface area contributed by atoms with Crippen molar-refractivity contribution in [2.24, 2.45) is 0 Å². The third-order valence-corrected chi connectivity index (χ3v) is 3.99. The van der Waals surface area contributed by atoms with E-state index in [2.05, 4.69) is 22.3 Å². The summed E-state index contributed by atoms with van der Waals surface area (Å²) in [5.74, 6) is 1.68. The monoisotopic (exact) mass is 306 g/mol. The molecule has 0 aromatic heterocycles. The quantitative estimate of drug-likeness (QED) is 0.749. The molecule has 0 spiro atoms. The summed E-state index contributed by atoms with van der Waals surface area (Å²) >= 11 is 0. The van der Waals surface area contributed by atoms with Gasteiger partial charge in [-0.2, -0.15) is 0 Å². The first-order chi connectivity index (χ1) is 10.7. The molecule has 1 aliphatic heterocycles. The lowest BCUT2D eigenvalue weighted by molar-refractivity contribution is 0.229. The van der Waals surface area contributed by atoms with E-state index in [1.54, 1.807) is 7.11 Å². The first kappa shape index (κ1) is 17.1.